The van der Waals surface area contributed by atoms with Gasteiger partial charge in [0.15, 0.2) is 0 Å². The molecule has 2 unspecified atom stereocenters. The molecule has 0 aliphatic heterocycles. The van der Waals surface area contributed by atoms with E-state index in [9.17, 15) is 18.7 Å². The van der Waals surface area contributed by atoms with Crippen LogP contribution in [0.25, 0.3) is 11.3 Å². The number of rotatable bonds is 7. The number of hydrogen-bond donors (Lipinski definition) is 2. The second kappa shape index (κ2) is 7.81. The van der Waals surface area contributed by atoms with Gasteiger partial charge in [-0.1, -0.05) is 19.9 Å². The van der Waals surface area contributed by atoms with Crippen molar-refractivity contribution < 1.29 is 23.4 Å². The largest absolute Gasteiger partial charge is 0.392 e. The minimum atomic E-state index is -0.760. The van der Waals surface area contributed by atoms with Crippen molar-refractivity contribution in [2.45, 2.75) is 70.2 Å². The van der Waals surface area contributed by atoms with Crippen molar-refractivity contribution in [3.8, 4) is 11.3 Å². The topological polar surface area (TPSA) is 84.3 Å². The average Bonchev–Trinajstić information content (AvgIpc) is 2.87. The zero-order valence-electron chi connectivity index (χ0n) is 19.1. The first-order valence-corrected chi connectivity index (χ1v) is 11.6. The minimum absolute atomic E-state index is 0.0726. The first-order valence-electron chi connectivity index (χ1n) is 11.6. The van der Waals surface area contributed by atoms with Crippen LogP contribution in [0.3, 0.4) is 0 Å². The maximum Gasteiger partial charge on any atom is 0.249 e. The van der Waals surface area contributed by atoms with E-state index in [-0.39, 0.29) is 35.0 Å². The van der Waals surface area contributed by atoms with Gasteiger partial charge in [0.2, 0.25) is 5.91 Å². The number of halogens is 2. The first kappa shape index (κ1) is 22.3. The van der Waals surface area contributed by atoms with E-state index < -0.39 is 29.4 Å². The van der Waals surface area contributed by atoms with Crippen molar-refractivity contribution >= 4 is 5.91 Å². The van der Waals surface area contributed by atoms with Crippen LogP contribution in [-0.2, 0) is 15.1 Å². The van der Waals surface area contributed by atoms with Crippen molar-refractivity contribution in [2.24, 2.45) is 11.3 Å². The summed E-state index contributed by atoms with van der Waals surface area (Å²) in [5, 5.41) is 21.0. The summed E-state index contributed by atoms with van der Waals surface area (Å²) in [5.41, 5.74) is 0.927. The number of aromatic nitrogens is 2. The fourth-order valence-electron chi connectivity index (χ4n) is 6.31. The second-order valence-electron chi connectivity index (χ2n) is 10.2. The third kappa shape index (κ3) is 3.46. The van der Waals surface area contributed by atoms with Crippen LogP contribution in [0.1, 0.15) is 63.6 Å². The number of amides is 1. The van der Waals surface area contributed by atoms with E-state index in [1.807, 2.05) is 6.92 Å². The molecule has 1 heterocycles. The first-order chi connectivity index (χ1) is 15.7. The summed E-state index contributed by atoms with van der Waals surface area (Å²) >= 11 is 0. The maximum absolute atomic E-state index is 14.4. The summed E-state index contributed by atoms with van der Waals surface area (Å²) in [4.78, 5) is 12.8. The molecule has 3 aliphatic rings. The third-order valence-electron chi connectivity index (χ3n) is 7.78. The molecule has 0 radical (unpaired) electrons. The van der Waals surface area contributed by atoms with Gasteiger partial charge in [0.05, 0.1) is 23.1 Å². The zero-order valence-corrected chi connectivity index (χ0v) is 19.1. The molecule has 2 N–H and O–H groups in total. The minimum Gasteiger partial charge on any atom is -0.392 e. The standard InChI is InChI=1S/C25H29F2N3O3/c1-4-20(23(32)28-11-13(2)31)33-25-10-16-15(9-24(16,3)12-25)14-8-19(29-30-22(14)25)21-17(26)6-5-7-18(21)27/h5-8,13,15-16,20,31H,4,9-12H2,1-3H3,(H,28,32)/t13-,15+,16?,20+,24?,25+/m0/s1. The summed E-state index contributed by atoms with van der Waals surface area (Å²) in [7, 11) is 0. The molecule has 0 saturated heterocycles. The van der Waals surface area contributed by atoms with Crippen LogP contribution < -0.4 is 5.32 Å². The van der Waals surface area contributed by atoms with Gasteiger partial charge >= 0.3 is 0 Å². The van der Waals surface area contributed by atoms with Crippen LogP contribution >= 0.6 is 0 Å². The Labute approximate surface area is 191 Å². The van der Waals surface area contributed by atoms with Crippen molar-refractivity contribution in [3.05, 3.63) is 47.2 Å². The Bertz CT molecular complexity index is 1090. The molecule has 1 aromatic heterocycles. The van der Waals surface area contributed by atoms with Gasteiger partial charge in [0.1, 0.15) is 23.3 Å². The molecule has 6 nitrogen and oxygen atoms in total. The molecular weight excluding hydrogens is 428 g/mol. The molecule has 8 heteroatoms. The normalized spacial score (nSPS) is 30.8. The highest BCUT2D eigenvalue weighted by molar-refractivity contribution is 5.80. The Morgan fingerprint density at radius 2 is 2.03 bits per heavy atom. The Morgan fingerprint density at radius 3 is 2.70 bits per heavy atom. The number of nitrogens with one attached hydrogen (secondary N) is 1. The number of benzene rings is 1. The lowest BCUT2D eigenvalue weighted by atomic mass is 9.54. The number of carbonyl (C=O) groups excluding carboxylic acids is 1. The third-order valence-corrected chi connectivity index (χ3v) is 7.78. The molecule has 2 aromatic rings. The van der Waals surface area contributed by atoms with E-state index >= 15 is 0 Å². The maximum atomic E-state index is 14.4. The Hall–Kier alpha value is -2.45. The van der Waals surface area contributed by atoms with Crippen LogP contribution in [0.2, 0.25) is 0 Å². The summed E-state index contributed by atoms with van der Waals surface area (Å²) < 4.78 is 35.4. The van der Waals surface area contributed by atoms with E-state index in [1.165, 1.54) is 18.2 Å². The summed E-state index contributed by atoms with van der Waals surface area (Å²) in [5.74, 6) is -0.997. The lowest BCUT2D eigenvalue weighted by Crippen LogP contribution is -2.45. The molecule has 1 aromatic carbocycles. The molecule has 0 spiro atoms. The predicted octanol–water partition coefficient (Wildman–Crippen LogP) is 3.83. The highest BCUT2D eigenvalue weighted by atomic mass is 19.1. The predicted molar refractivity (Wildman–Crippen MR) is 117 cm³/mol. The molecule has 5 rings (SSSR count). The van der Waals surface area contributed by atoms with Crippen LogP contribution in [-0.4, -0.2) is 40.0 Å². The molecule has 176 valence electrons. The van der Waals surface area contributed by atoms with E-state index in [0.717, 1.165) is 24.8 Å². The molecular formula is C25H29F2N3O3. The van der Waals surface area contributed by atoms with Gasteiger partial charge in [0.25, 0.3) is 0 Å². The van der Waals surface area contributed by atoms with Gasteiger partial charge < -0.3 is 15.2 Å². The number of aliphatic hydroxyl groups excluding tert-OH is 1. The quantitative estimate of drug-likeness (QED) is 0.660. The summed E-state index contributed by atoms with van der Waals surface area (Å²) in [6.07, 6.45) is 1.57. The smallest absolute Gasteiger partial charge is 0.249 e. The molecule has 2 saturated carbocycles. The van der Waals surface area contributed by atoms with Crippen molar-refractivity contribution in [3.63, 3.8) is 0 Å². The van der Waals surface area contributed by atoms with E-state index in [2.05, 4.69) is 22.4 Å². The number of fused-ring (bicyclic) bond motifs is 4. The number of hydrogen-bond acceptors (Lipinski definition) is 5. The summed E-state index contributed by atoms with van der Waals surface area (Å²) in [6, 6.07) is 5.52. The van der Waals surface area contributed by atoms with Gasteiger partial charge in [-0.3, -0.25) is 4.79 Å². The SMILES string of the molecule is CC[C@@H](O[C@]12CC3[C@H](CC3(C)C1)c1cc(-c3c(F)cccc3F)nnc12)C(=O)NC[C@H](C)O. The Kier molecular flexibility index (Phi) is 5.29. The monoisotopic (exact) mass is 457 g/mol. The molecule has 2 bridgehead atoms. The lowest BCUT2D eigenvalue weighted by molar-refractivity contribution is -0.152. The average molecular weight is 458 g/mol. The van der Waals surface area contributed by atoms with Crippen LogP contribution in [0.15, 0.2) is 24.3 Å². The molecule has 33 heavy (non-hydrogen) atoms. The van der Waals surface area contributed by atoms with Gasteiger partial charge in [-0.15, -0.1) is 5.10 Å². The van der Waals surface area contributed by atoms with Crippen LogP contribution in [0.5, 0.6) is 0 Å². The van der Waals surface area contributed by atoms with Crippen molar-refractivity contribution in [2.75, 3.05) is 6.54 Å². The fourth-order valence-corrected chi connectivity index (χ4v) is 6.31. The number of aliphatic hydroxyl groups is 1. The van der Waals surface area contributed by atoms with Crippen molar-refractivity contribution in [1.29, 1.82) is 0 Å². The molecule has 2 fully saturated rings. The van der Waals surface area contributed by atoms with Gasteiger partial charge in [-0.05, 0) is 73.6 Å². The van der Waals surface area contributed by atoms with E-state index in [4.69, 9.17) is 4.74 Å². The number of nitrogens with zero attached hydrogens (tertiary/aromatic N) is 2. The van der Waals surface area contributed by atoms with E-state index in [0.29, 0.717) is 18.0 Å². The van der Waals surface area contributed by atoms with Gasteiger partial charge in [0, 0.05) is 6.54 Å². The highest BCUT2D eigenvalue weighted by Gasteiger charge is 2.68. The Balaban J connectivity index is 1.52. The lowest BCUT2D eigenvalue weighted by Gasteiger charge is -2.50. The summed E-state index contributed by atoms with van der Waals surface area (Å²) in [6.45, 7) is 5.89. The van der Waals surface area contributed by atoms with Crippen molar-refractivity contribution in [1.82, 2.24) is 15.5 Å². The number of ether oxygens (including phenoxy) is 1. The Morgan fingerprint density at radius 1 is 1.30 bits per heavy atom. The second-order valence-corrected chi connectivity index (χ2v) is 10.2. The molecule has 3 aliphatic carbocycles. The van der Waals surface area contributed by atoms with E-state index in [1.54, 1.807) is 13.0 Å². The molecule has 1 amide bonds. The van der Waals surface area contributed by atoms with Crippen LogP contribution in [0.4, 0.5) is 8.78 Å². The molecule has 6 atom stereocenters. The highest BCUT2D eigenvalue weighted by Crippen LogP contribution is 2.73. The number of carbonyl (C=O) groups is 1. The zero-order chi connectivity index (χ0) is 23.5. The fraction of sp³-hybridized carbons (Fsp3) is 0.560. The van der Waals surface area contributed by atoms with Crippen LogP contribution in [0, 0.1) is 23.0 Å². The van der Waals surface area contributed by atoms with Gasteiger partial charge in [-0.25, -0.2) is 8.78 Å². The van der Waals surface area contributed by atoms with Gasteiger partial charge in [-0.2, -0.15) is 5.10 Å².